The number of aliphatic hydroxyl groups is 1. The van der Waals surface area contributed by atoms with E-state index < -0.39 is 0 Å². The molecule has 130 valence electrons. The molecule has 6 heteroatoms. The maximum absolute atomic E-state index is 12.0. The predicted molar refractivity (Wildman–Crippen MR) is 91.6 cm³/mol. The molecule has 1 saturated carbocycles. The maximum Gasteiger partial charge on any atom is 0.319 e. The monoisotopic (exact) mass is 322 g/mol. The molecule has 0 aromatic carbocycles. The van der Waals surface area contributed by atoms with Gasteiger partial charge in [-0.15, -0.1) is 0 Å². The van der Waals surface area contributed by atoms with Crippen molar-refractivity contribution in [2.24, 2.45) is 5.92 Å². The third kappa shape index (κ3) is 4.70. The highest BCUT2D eigenvalue weighted by Crippen LogP contribution is 2.27. The summed E-state index contributed by atoms with van der Waals surface area (Å²) in [6.07, 6.45) is 6.13. The van der Waals surface area contributed by atoms with Gasteiger partial charge >= 0.3 is 6.03 Å². The summed E-state index contributed by atoms with van der Waals surface area (Å²) in [4.78, 5) is 12.0. The quantitative estimate of drug-likeness (QED) is 0.705. The average Bonchev–Trinajstić information content (AvgIpc) is 2.80. The van der Waals surface area contributed by atoms with E-state index >= 15 is 0 Å². The topological polar surface area (TPSA) is 79.2 Å². The fourth-order valence-corrected chi connectivity index (χ4v) is 3.43. The van der Waals surface area contributed by atoms with Crippen LogP contribution in [0, 0.1) is 19.8 Å². The van der Waals surface area contributed by atoms with Gasteiger partial charge in [0.2, 0.25) is 0 Å². The third-order valence-electron chi connectivity index (χ3n) is 4.83. The smallest absolute Gasteiger partial charge is 0.319 e. The van der Waals surface area contributed by atoms with E-state index in [1.165, 1.54) is 6.42 Å². The summed E-state index contributed by atoms with van der Waals surface area (Å²) in [6.45, 7) is 7.32. The van der Waals surface area contributed by atoms with Crippen molar-refractivity contribution in [3.8, 4) is 0 Å². The molecule has 2 amide bonds. The molecule has 1 aromatic rings. The van der Waals surface area contributed by atoms with Crippen LogP contribution >= 0.6 is 0 Å². The first-order valence-corrected chi connectivity index (χ1v) is 8.79. The molecule has 23 heavy (non-hydrogen) atoms. The zero-order chi connectivity index (χ0) is 16.8. The molecule has 1 heterocycles. The minimum absolute atomic E-state index is 0.150. The lowest BCUT2D eigenvalue weighted by Gasteiger charge is -2.27. The highest BCUT2D eigenvalue weighted by Gasteiger charge is 2.22. The van der Waals surface area contributed by atoms with Crippen LogP contribution in [0.25, 0.3) is 0 Å². The van der Waals surface area contributed by atoms with E-state index in [1.54, 1.807) is 0 Å². The number of nitrogens with zero attached hydrogens (tertiary/aromatic N) is 2. The molecule has 0 aliphatic heterocycles. The summed E-state index contributed by atoms with van der Waals surface area (Å²) in [7, 11) is 0. The van der Waals surface area contributed by atoms with Crippen LogP contribution in [-0.4, -0.2) is 33.6 Å². The van der Waals surface area contributed by atoms with Crippen LogP contribution in [0.4, 0.5) is 10.5 Å². The van der Waals surface area contributed by atoms with Crippen molar-refractivity contribution in [2.45, 2.75) is 71.9 Å². The van der Waals surface area contributed by atoms with E-state index in [1.807, 2.05) is 25.5 Å². The number of aromatic nitrogens is 2. The molecular formula is C17H30N4O2. The number of hydrogen-bond acceptors (Lipinski definition) is 3. The Labute approximate surface area is 138 Å². The number of carbonyl (C=O) groups excluding carboxylic acids is 1. The second kappa shape index (κ2) is 8.34. The van der Waals surface area contributed by atoms with Crippen molar-refractivity contribution in [1.82, 2.24) is 15.1 Å². The Morgan fingerprint density at radius 3 is 2.74 bits per heavy atom. The fraction of sp³-hybridized carbons (Fsp3) is 0.765. The standard InChI is InChI=1S/C17H30N4O2/c1-4-21-13(3)16(12(2)20-21)19-17(23)18-11-7-9-14-8-5-6-10-15(14)22/h14-15,22H,4-11H2,1-3H3,(H2,18,19,23). The number of aliphatic hydroxyl groups excluding tert-OH is 1. The molecule has 1 aromatic heterocycles. The van der Waals surface area contributed by atoms with Gasteiger partial charge in [0.15, 0.2) is 0 Å². The average molecular weight is 322 g/mol. The van der Waals surface area contributed by atoms with Gasteiger partial charge in [0.25, 0.3) is 0 Å². The zero-order valence-electron chi connectivity index (χ0n) is 14.6. The molecule has 1 fully saturated rings. The minimum atomic E-state index is -0.184. The Hall–Kier alpha value is -1.56. The van der Waals surface area contributed by atoms with Gasteiger partial charge in [-0.3, -0.25) is 4.68 Å². The summed E-state index contributed by atoms with van der Waals surface area (Å²) in [5.74, 6) is 0.404. The number of urea groups is 1. The molecule has 3 N–H and O–H groups in total. The molecular weight excluding hydrogens is 292 g/mol. The number of nitrogens with one attached hydrogen (secondary N) is 2. The molecule has 2 unspecified atom stereocenters. The number of anilines is 1. The molecule has 1 aliphatic carbocycles. The molecule has 0 radical (unpaired) electrons. The van der Waals surface area contributed by atoms with E-state index in [0.29, 0.717) is 12.5 Å². The summed E-state index contributed by atoms with van der Waals surface area (Å²) >= 11 is 0. The number of hydrogen-bond donors (Lipinski definition) is 3. The molecule has 2 rings (SSSR count). The first-order chi connectivity index (χ1) is 11.0. The first-order valence-electron chi connectivity index (χ1n) is 8.79. The molecule has 0 bridgehead atoms. The highest BCUT2D eigenvalue weighted by atomic mass is 16.3. The maximum atomic E-state index is 12.0. The van der Waals surface area contributed by atoms with Crippen molar-refractivity contribution < 1.29 is 9.90 Å². The highest BCUT2D eigenvalue weighted by molar-refractivity contribution is 5.90. The van der Waals surface area contributed by atoms with E-state index in [-0.39, 0.29) is 12.1 Å². The van der Waals surface area contributed by atoms with Crippen molar-refractivity contribution in [2.75, 3.05) is 11.9 Å². The van der Waals surface area contributed by atoms with Crippen molar-refractivity contribution in [3.05, 3.63) is 11.4 Å². The number of carbonyl (C=O) groups is 1. The van der Waals surface area contributed by atoms with Crippen LogP contribution in [0.1, 0.15) is 56.8 Å². The Bertz CT molecular complexity index is 527. The Balaban J connectivity index is 1.72. The van der Waals surface area contributed by atoms with E-state index in [9.17, 15) is 9.90 Å². The van der Waals surface area contributed by atoms with Crippen LogP contribution in [0.15, 0.2) is 0 Å². The SMILES string of the molecule is CCn1nc(C)c(NC(=O)NCCCC2CCCCC2O)c1C. The van der Waals surface area contributed by atoms with Crippen LogP contribution in [0.3, 0.4) is 0 Å². The van der Waals surface area contributed by atoms with Crippen molar-refractivity contribution in [3.63, 3.8) is 0 Å². The summed E-state index contributed by atoms with van der Waals surface area (Å²) < 4.78 is 1.88. The van der Waals surface area contributed by atoms with Gasteiger partial charge in [-0.05, 0) is 52.4 Å². The fourth-order valence-electron chi connectivity index (χ4n) is 3.43. The van der Waals surface area contributed by atoms with Gasteiger partial charge in [0.1, 0.15) is 0 Å². The first kappa shape index (κ1) is 17.8. The number of rotatable bonds is 6. The van der Waals surface area contributed by atoms with Gasteiger partial charge in [-0.25, -0.2) is 4.79 Å². The summed E-state index contributed by atoms with van der Waals surface area (Å²) in [5, 5.41) is 20.1. The second-order valence-corrected chi connectivity index (χ2v) is 6.50. The van der Waals surface area contributed by atoms with Crippen molar-refractivity contribution >= 4 is 11.7 Å². The van der Waals surface area contributed by atoms with E-state index in [4.69, 9.17) is 0 Å². The lowest BCUT2D eigenvalue weighted by molar-refractivity contribution is 0.0644. The summed E-state index contributed by atoms with van der Waals surface area (Å²) in [5.41, 5.74) is 2.61. The number of amides is 2. The molecule has 2 atom stereocenters. The second-order valence-electron chi connectivity index (χ2n) is 6.50. The Kier molecular flexibility index (Phi) is 6.45. The summed E-state index contributed by atoms with van der Waals surface area (Å²) in [6, 6.07) is -0.184. The minimum Gasteiger partial charge on any atom is -0.393 e. The predicted octanol–water partition coefficient (Wildman–Crippen LogP) is 2.97. The third-order valence-corrected chi connectivity index (χ3v) is 4.83. The van der Waals surface area contributed by atoms with E-state index in [2.05, 4.69) is 15.7 Å². The van der Waals surface area contributed by atoms with Gasteiger partial charge in [-0.1, -0.05) is 12.8 Å². The molecule has 0 spiro atoms. The van der Waals surface area contributed by atoms with Crippen LogP contribution in [-0.2, 0) is 6.54 Å². The van der Waals surface area contributed by atoms with Gasteiger partial charge in [0, 0.05) is 13.1 Å². The lowest BCUT2D eigenvalue weighted by Crippen LogP contribution is -2.31. The lowest BCUT2D eigenvalue weighted by atomic mass is 9.83. The molecule has 0 saturated heterocycles. The van der Waals surface area contributed by atoms with Gasteiger partial charge in [-0.2, -0.15) is 5.10 Å². The van der Waals surface area contributed by atoms with Crippen molar-refractivity contribution in [1.29, 1.82) is 0 Å². The molecule has 6 nitrogen and oxygen atoms in total. The normalized spacial score (nSPS) is 21.2. The zero-order valence-corrected chi connectivity index (χ0v) is 14.6. The number of aryl methyl sites for hydroxylation is 2. The van der Waals surface area contributed by atoms with Crippen LogP contribution in [0.5, 0.6) is 0 Å². The van der Waals surface area contributed by atoms with Crippen LogP contribution < -0.4 is 10.6 Å². The Morgan fingerprint density at radius 2 is 2.09 bits per heavy atom. The Morgan fingerprint density at radius 1 is 1.35 bits per heavy atom. The van der Waals surface area contributed by atoms with E-state index in [0.717, 1.165) is 55.7 Å². The largest absolute Gasteiger partial charge is 0.393 e. The molecule has 1 aliphatic rings. The van der Waals surface area contributed by atoms with Crippen LogP contribution in [0.2, 0.25) is 0 Å². The van der Waals surface area contributed by atoms with Gasteiger partial charge in [0.05, 0.1) is 23.2 Å². The van der Waals surface area contributed by atoms with Gasteiger partial charge < -0.3 is 15.7 Å².